The Kier molecular flexibility index (Phi) is 1.63. The summed E-state index contributed by atoms with van der Waals surface area (Å²) in [4.78, 5) is 0. The van der Waals surface area contributed by atoms with Gasteiger partial charge in [0.05, 0.1) is 6.85 Å². The molecule has 0 aromatic heterocycles. The van der Waals surface area contributed by atoms with Crippen LogP contribution in [0.25, 0.3) is 32.7 Å². The molecule has 0 unspecified atom stereocenters. The van der Waals surface area contributed by atoms with E-state index in [1.807, 2.05) is 48.5 Å². The number of hydrogen-bond acceptors (Lipinski definition) is 0. The first-order valence-electron chi connectivity index (χ1n) is 8.98. The SMILES string of the molecule is [2H]c1c([2H])c([2H])c(-c2cccc3cc4ccccc4cc23)c([2H])c1[2H]. The fraction of sp³-hybridized carbons (Fsp3) is 0. The summed E-state index contributed by atoms with van der Waals surface area (Å²) in [6.45, 7) is 0. The van der Waals surface area contributed by atoms with Crippen molar-refractivity contribution in [2.24, 2.45) is 0 Å². The van der Waals surface area contributed by atoms with Gasteiger partial charge in [-0.3, -0.25) is 0 Å². The molecule has 0 spiro atoms. The highest BCUT2D eigenvalue weighted by Crippen LogP contribution is 2.31. The maximum atomic E-state index is 8.24. The Balaban J connectivity index is 2.14. The van der Waals surface area contributed by atoms with Gasteiger partial charge in [0.1, 0.15) is 0 Å². The van der Waals surface area contributed by atoms with Crippen LogP contribution in [-0.4, -0.2) is 0 Å². The largest absolute Gasteiger partial charge is 0.0629 e. The molecule has 0 heterocycles. The maximum absolute atomic E-state index is 8.24. The smallest absolute Gasteiger partial charge is 0.0622 e. The van der Waals surface area contributed by atoms with Gasteiger partial charge in [0, 0.05) is 0 Å². The van der Waals surface area contributed by atoms with Gasteiger partial charge in [0.15, 0.2) is 0 Å². The molecule has 0 saturated carbocycles. The summed E-state index contributed by atoms with van der Waals surface area (Å²) < 4.78 is 40.1. The van der Waals surface area contributed by atoms with Crippen LogP contribution in [0.1, 0.15) is 6.85 Å². The zero-order chi connectivity index (χ0) is 17.7. The van der Waals surface area contributed by atoms with Crippen molar-refractivity contribution >= 4 is 21.5 Å². The molecule has 94 valence electrons. The molecule has 0 aliphatic heterocycles. The second-order valence-corrected chi connectivity index (χ2v) is 4.73. The van der Waals surface area contributed by atoms with Crippen molar-refractivity contribution in [2.75, 3.05) is 0 Å². The van der Waals surface area contributed by atoms with E-state index in [0.29, 0.717) is 5.56 Å². The Hall–Kier alpha value is -2.60. The monoisotopic (exact) mass is 259 g/mol. The first-order chi connectivity index (χ1) is 12.0. The standard InChI is InChI=1S/C20H14/c1-2-7-15(8-3-1)19-12-6-11-18-13-16-9-4-5-10-17(16)14-20(18)19/h1-14H/i1D,2D,3D,7D,8D. The van der Waals surface area contributed by atoms with Gasteiger partial charge in [-0.2, -0.15) is 0 Å². The van der Waals surface area contributed by atoms with E-state index in [9.17, 15) is 0 Å². The minimum absolute atomic E-state index is 0.174. The summed E-state index contributed by atoms with van der Waals surface area (Å²) in [5.74, 6) is 0. The molecule has 0 bridgehead atoms. The molecule has 0 aliphatic carbocycles. The van der Waals surface area contributed by atoms with Crippen LogP contribution < -0.4 is 0 Å². The van der Waals surface area contributed by atoms with Gasteiger partial charge in [-0.1, -0.05) is 72.7 Å². The van der Waals surface area contributed by atoms with E-state index >= 15 is 0 Å². The van der Waals surface area contributed by atoms with E-state index in [4.69, 9.17) is 6.85 Å². The lowest BCUT2D eigenvalue weighted by atomic mass is 9.96. The molecule has 0 saturated heterocycles. The molecule has 0 heteroatoms. The molecule has 0 aliphatic rings. The zero-order valence-corrected chi connectivity index (χ0v) is 10.7. The Morgan fingerprint density at radius 1 is 0.650 bits per heavy atom. The minimum atomic E-state index is -0.371. The molecule has 0 amide bonds. The fourth-order valence-electron chi connectivity index (χ4n) is 2.57. The average molecular weight is 259 g/mol. The van der Waals surface area contributed by atoms with Crippen molar-refractivity contribution in [1.29, 1.82) is 0 Å². The third kappa shape index (κ3) is 1.78. The van der Waals surface area contributed by atoms with Crippen LogP contribution >= 0.6 is 0 Å². The van der Waals surface area contributed by atoms with Crippen LogP contribution in [0.4, 0.5) is 0 Å². The number of benzene rings is 4. The lowest BCUT2D eigenvalue weighted by Gasteiger charge is -2.08. The van der Waals surface area contributed by atoms with Crippen molar-refractivity contribution in [3.8, 4) is 11.1 Å². The summed E-state index contributed by atoms with van der Waals surface area (Å²) in [5, 5.41) is 4.01. The first kappa shape index (κ1) is 7.25. The summed E-state index contributed by atoms with van der Waals surface area (Å²) >= 11 is 0. The van der Waals surface area contributed by atoms with Crippen molar-refractivity contribution in [1.82, 2.24) is 0 Å². The lowest BCUT2D eigenvalue weighted by molar-refractivity contribution is 1.66. The van der Waals surface area contributed by atoms with E-state index in [0.717, 1.165) is 21.5 Å². The second kappa shape index (κ2) is 4.50. The number of fused-ring (bicyclic) bond motifs is 2. The Morgan fingerprint density at radius 3 is 2.15 bits per heavy atom. The van der Waals surface area contributed by atoms with E-state index < -0.39 is 0 Å². The highest BCUT2D eigenvalue weighted by Gasteiger charge is 2.04. The van der Waals surface area contributed by atoms with Gasteiger partial charge >= 0.3 is 0 Å². The molecule has 4 aromatic carbocycles. The predicted molar refractivity (Wildman–Crippen MR) is 86.9 cm³/mol. The van der Waals surface area contributed by atoms with Gasteiger partial charge in [0.25, 0.3) is 0 Å². The van der Waals surface area contributed by atoms with Crippen LogP contribution in [-0.2, 0) is 0 Å². The zero-order valence-electron chi connectivity index (χ0n) is 15.7. The van der Waals surface area contributed by atoms with Crippen LogP contribution in [0.3, 0.4) is 0 Å². The van der Waals surface area contributed by atoms with Gasteiger partial charge in [-0.15, -0.1) is 0 Å². The van der Waals surface area contributed by atoms with Crippen LogP contribution in [0.15, 0.2) is 84.8 Å². The Morgan fingerprint density at radius 2 is 1.35 bits per heavy atom. The molecule has 0 fully saturated rings. The summed E-state index contributed by atoms with van der Waals surface area (Å²) in [7, 11) is 0. The first-order valence-corrected chi connectivity index (χ1v) is 6.48. The lowest BCUT2D eigenvalue weighted by Crippen LogP contribution is -1.82. The summed E-state index contributed by atoms with van der Waals surface area (Å²) in [6.07, 6.45) is 0. The third-order valence-corrected chi connectivity index (χ3v) is 3.52. The normalized spacial score (nSPS) is 14.5. The van der Waals surface area contributed by atoms with Crippen molar-refractivity contribution in [2.45, 2.75) is 0 Å². The Bertz CT molecular complexity index is 1120. The summed E-state index contributed by atoms with van der Waals surface area (Å²) in [6, 6.07) is 16.3. The molecule has 20 heavy (non-hydrogen) atoms. The topological polar surface area (TPSA) is 0 Å². The number of rotatable bonds is 1. The van der Waals surface area contributed by atoms with E-state index in [1.54, 1.807) is 0 Å². The quantitative estimate of drug-likeness (QED) is 0.387. The molecule has 4 rings (SSSR count). The maximum Gasteiger partial charge on any atom is 0.0629 e. The predicted octanol–water partition coefficient (Wildman–Crippen LogP) is 5.66. The highest BCUT2D eigenvalue weighted by atomic mass is 14.1. The number of hydrogen-bond donors (Lipinski definition) is 0. The molecule has 0 atom stereocenters. The van der Waals surface area contributed by atoms with Crippen molar-refractivity contribution < 1.29 is 6.85 Å². The second-order valence-electron chi connectivity index (χ2n) is 4.73. The van der Waals surface area contributed by atoms with Gasteiger partial charge in [-0.05, 0) is 44.8 Å². The molecule has 0 N–H and O–H groups in total. The van der Waals surface area contributed by atoms with Gasteiger partial charge in [-0.25, -0.2) is 0 Å². The van der Waals surface area contributed by atoms with E-state index in [2.05, 4.69) is 6.07 Å². The third-order valence-electron chi connectivity index (χ3n) is 3.52. The van der Waals surface area contributed by atoms with Crippen LogP contribution in [0.2, 0.25) is 0 Å². The Labute approximate surface area is 125 Å². The van der Waals surface area contributed by atoms with Gasteiger partial charge in [0.2, 0.25) is 0 Å². The fourth-order valence-corrected chi connectivity index (χ4v) is 2.57. The minimum Gasteiger partial charge on any atom is -0.0622 e. The van der Waals surface area contributed by atoms with Crippen LogP contribution in [0, 0.1) is 0 Å². The van der Waals surface area contributed by atoms with Gasteiger partial charge < -0.3 is 0 Å². The van der Waals surface area contributed by atoms with Crippen molar-refractivity contribution in [3.05, 3.63) is 84.8 Å². The van der Waals surface area contributed by atoms with E-state index in [-0.39, 0.29) is 35.8 Å². The molecular formula is C20H14. The highest BCUT2D eigenvalue weighted by molar-refractivity contribution is 6.04. The van der Waals surface area contributed by atoms with Crippen LogP contribution in [0.5, 0.6) is 0 Å². The molecule has 0 nitrogen and oxygen atoms in total. The average Bonchev–Trinajstić information content (AvgIpc) is 2.63. The van der Waals surface area contributed by atoms with E-state index in [1.165, 1.54) is 0 Å². The summed E-state index contributed by atoms with van der Waals surface area (Å²) in [5.41, 5.74) is 0.895. The molecule has 4 aromatic rings. The molecule has 0 radical (unpaired) electrons. The molecular weight excluding hydrogens is 240 g/mol. The van der Waals surface area contributed by atoms with Crippen molar-refractivity contribution in [3.63, 3.8) is 0 Å².